The van der Waals surface area contributed by atoms with E-state index in [0.717, 1.165) is 65.9 Å². The first-order chi connectivity index (χ1) is 14.7. The smallest absolute Gasteiger partial charge is 0.225 e. The van der Waals surface area contributed by atoms with Gasteiger partial charge in [-0.3, -0.25) is 10.4 Å². The van der Waals surface area contributed by atoms with Gasteiger partial charge in [0, 0.05) is 36.8 Å². The van der Waals surface area contributed by atoms with Gasteiger partial charge in [0.25, 0.3) is 0 Å². The zero-order valence-electron chi connectivity index (χ0n) is 17.6. The molecule has 1 aliphatic rings. The molecule has 31 heavy (non-hydrogen) atoms. The van der Waals surface area contributed by atoms with E-state index in [1.807, 2.05) is 36.7 Å². The van der Waals surface area contributed by atoms with Crippen LogP contribution in [0, 0.1) is 5.41 Å². The molecule has 4 rings (SSSR count). The zero-order chi connectivity index (χ0) is 20.9. The average molecular weight is 441 g/mol. The molecule has 1 saturated heterocycles. The van der Waals surface area contributed by atoms with Gasteiger partial charge in [0.05, 0.1) is 16.4 Å². The first-order valence-corrected chi connectivity index (χ1v) is 10.8. The summed E-state index contributed by atoms with van der Waals surface area (Å²) in [6.45, 7) is 4.37. The van der Waals surface area contributed by atoms with Crippen molar-refractivity contribution in [2.45, 2.75) is 32.3 Å². The van der Waals surface area contributed by atoms with Gasteiger partial charge in [-0.05, 0) is 42.7 Å². The zero-order valence-corrected chi connectivity index (χ0v) is 18.4. The summed E-state index contributed by atoms with van der Waals surface area (Å²) in [5.41, 5.74) is 2.82. The number of anilines is 2. The van der Waals surface area contributed by atoms with Gasteiger partial charge in [-0.2, -0.15) is 0 Å². The third kappa shape index (κ3) is 5.35. The first-order valence-electron chi connectivity index (χ1n) is 9.93. The number of aromatic nitrogens is 3. The van der Waals surface area contributed by atoms with E-state index in [2.05, 4.69) is 27.2 Å². The highest BCUT2D eigenvalue weighted by atomic mass is 32.1. The van der Waals surface area contributed by atoms with E-state index in [0.29, 0.717) is 12.5 Å². The number of hydrazine groups is 1. The topological polar surface area (TPSA) is 139 Å². The molecule has 3 aromatic rings. The van der Waals surface area contributed by atoms with Crippen molar-refractivity contribution in [2.24, 2.45) is 5.84 Å². The van der Waals surface area contributed by atoms with Crippen LogP contribution in [0.4, 0.5) is 11.6 Å². The number of ether oxygens (including phenoxy) is 1. The molecule has 1 unspecified atom stereocenters. The third-order valence-corrected chi connectivity index (χ3v) is 6.21. The van der Waals surface area contributed by atoms with Crippen LogP contribution < -0.4 is 26.6 Å². The van der Waals surface area contributed by atoms with Gasteiger partial charge in [-0.1, -0.05) is 6.92 Å². The molecule has 0 bridgehead atoms. The number of hydrogen-bond donors (Lipinski definition) is 3. The Kier molecular flexibility index (Phi) is 7.50. The van der Waals surface area contributed by atoms with Crippen molar-refractivity contribution in [2.75, 3.05) is 23.0 Å². The van der Waals surface area contributed by atoms with E-state index in [4.69, 9.17) is 21.0 Å². The third-order valence-electron chi connectivity index (χ3n) is 5.15. The first kappa shape index (κ1) is 22.6. The van der Waals surface area contributed by atoms with E-state index in [-0.39, 0.29) is 6.15 Å². The van der Waals surface area contributed by atoms with Gasteiger partial charge in [0.15, 0.2) is 0 Å². The van der Waals surface area contributed by atoms with Gasteiger partial charge >= 0.3 is 0 Å². The predicted molar refractivity (Wildman–Crippen MR) is 124 cm³/mol. The monoisotopic (exact) mass is 440 g/mol. The molecule has 2 aromatic heterocycles. The standard InChI is InChI=1S/C21H25N7OS.H3N/c1-2-15-9-24-21(25-10-15)27-8-7-16(11-27)20-26-17(13-30-20)12-29-19-5-3-18(4-6-19)28(23)14-22;/h3-6,9-10,13-14,16,22H,2,7-8,11-12,23H2,1H3;1H3. The largest absolute Gasteiger partial charge is 0.487 e. The number of nitrogens with zero attached hydrogens (tertiary/aromatic N) is 5. The lowest BCUT2D eigenvalue weighted by Crippen LogP contribution is -2.28. The Hall–Kier alpha value is -3.08. The Morgan fingerprint density at radius 3 is 2.71 bits per heavy atom. The maximum Gasteiger partial charge on any atom is 0.225 e. The molecular weight excluding hydrogens is 412 g/mol. The Bertz CT molecular complexity index is 976. The Labute approximate surface area is 186 Å². The van der Waals surface area contributed by atoms with Gasteiger partial charge in [0.1, 0.15) is 18.7 Å². The summed E-state index contributed by atoms with van der Waals surface area (Å²) in [7, 11) is 0. The van der Waals surface area contributed by atoms with E-state index < -0.39 is 0 Å². The van der Waals surface area contributed by atoms with Gasteiger partial charge in [-0.15, -0.1) is 11.3 Å². The molecule has 6 N–H and O–H groups in total. The van der Waals surface area contributed by atoms with E-state index >= 15 is 0 Å². The lowest BCUT2D eigenvalue weighted by Gasteiger charge is -2.15. The Morgan fingerprint density at radius 2 is 2.03 bits per heavy atom. The van der Waals surface area contributed by atoms with Crippen molar-refractivity contribution < 1.29 is 4.74 Å². The summed E-state index contributed by atoms with van der Waals surface area (Å²) in [6.07, 6.45) is 6.89. The second-order valence-electron chi connectivity index (χ2n) is 7.17. The Balaban J connectivity index is 0.00000272. The van der Waals surface area contributed by atoms with Crippen LogP contribution in [0.3, 0.4) is 0 Å². The van der Waals surface area contributed by atoms with Crippen LogP contribution in [0.25, 0.3) is 0 Å². The van der Waals surface area contributed by atoms with Crippen LogP contribution >= 0.6 is 11.3 Å². The summed E-state index contributed by atoms with van der Waals surface area (Å²) in [5, 5.41) is 11.6. The number of nitrogens with two attached hydrogens (primary N) is 1. The molecule has 3 heterocycles. The van der Waals surface area contributed by atoms with Crippen LogP contribution in [-0.4, -0.2) is 34.4 Å². The van der Waals surface area contributed by atoms with Crippen LogP contribution in [0.2, 0.25) is 0 Å². The van der Waals surface area contributed by atoms with Crippen LogP contribution in [0.5, 0.6) is 5.75 Å². The molecule has 164 valence electrons. The van der Waals surface area contributed by atoms with E-state index in [1.165, 1.54) is 5.01 Å². The number of benzene rings is 1. The normalized spacial score (nSPS) is 15.4. The number of aryl methyl sites for hydroxylation is 1. The second kappa shape index (κ2) is 10.3. The lowest BCUT2D eigenvalue weighted by atomic mass is 10.1. The van der Waals surface area contributed by atoms with Gasteiger partial charge < -0.3 is 15.8 Å². The molecule has 10 heteroatoms. The highest BCUT2D eigenvalue weighted by Crippen LogP contribution is 2.31. The fourth-order valence-corrected chi connectivity index (χ4v) is 4.29. The highest BCUT2D eigenvalue weighted by molar-refractivity contribution is 7.09. The minimum absolute atomic E-state index is 0. The fourth-order valence-electron chi connectivity index (χ4n) is 3.36. The van der Waals surface area contributed by atoms with Gasteiger partial charge in [0.2, 0.25) is 5.95 Å². The second-order valence-corrected chi connectivity index (χ2v) is 8.06. The van der Waals surface area contributed by atoms with Crippen LogP contribution in [-0.2, 0) is 13.0 Å². The van der Waals surface area contributed by atoms with Crippen molar-refractivity contribution in [3.63, 3.8) is 0 Å². The molecule has 1 aromatic carbocycles. The molecule has 0 spiro atoms. The minimum atomic E-state index is 0. The summed E-state index contributed by atoms with van der Waals surface area (Å²) >= 11 is 1.69. The van der Waals surface area contributed by atoms with Crippen molar-refractivity contribution in [3.05, 3.63) is 58.3 Å². The maximum atomic E-state index is 7.17. The minimum Gasteiger partial charge on any atom is -0.487 e. The van der Waals surface area contributed by atoms with E-state index in [9.17, 15) is 0 Å². The molecule has 1 fully saturated rings. The Morgan fingerprint density at radius 1 is 1.29 bits per heavy atom. The molecular formula is C21H28N8OS. The molecule has 1 aliphatic heterocycles. The summed E-state index contributed by atoms with van der Waals surface area (Å²) in [6, 6.07) is 7.30. The fraction of sp³-hybridized carbons (Fsp3) is 0.333. The molecule has 1 atom stereocenters. The van der Waals surface area contributed by atoms with Crippen LogP contribution in [0.1, 0.15) is 35.5 Å². The maximum absolute atomic E-state index is 7.17. The SMILES string of the molecule is CCc1cnc(N2CCC(c3nc(COc4ccc(N(N)C=N)cc4)cs3)C2)nc1.N. The summed E-state index contributed by atoms with van der Waals surface area (Å²) in [5.74, 6) is 7.60. The number of thiazole rings is 1. The van der Waals surface area contributed by atoms with Crippen molar-refractivity contribution in [1.82, 2.24) is 21.1 Å². The molecule has 0 radical (unpaired) electrons. The molecule has 9 nitrogen and oxygen atoms in total. The predicted octanol–water partition coefficient (Wildman–Crippen LogP) is 3.52. The summed E-state index contributed by atoms with van der Waals surface area (Å²) < 4.78 is 5.85. The van der Waals surface area contributed by atoms with Crippen molar-refractivity contribution in [3.8, 4) is 5.75 Å². The van der Waals surface area contributed by atoms with Crippen LogP contribution in [0.15, 0.2) is 42.0 Å². The van der Waals surface area contributed by atoms with Crippen molar-refractivity contribution in [1.29, 1.82) is 5.41 Å². The lowest BCUT2D eigenvalue weighted by molar-refractivity contribution is 0.302. The molecule has 0 saturated carbocycles. The van der Waals surface area contributed by atoms with Gasteiger partial charge in [-0.25, -0.2) is 20.8 Å². The van der Waals surface area contributed by atoms with E-state index in [1.54, 1.807) is 11.3 Å². The summed E-state index contributed by atoms with van der Waals surface area (Å²) in [4.78, 5) is 16.0. The highest BCUT2D eigenvalue weighted by Gasteiger charge is 2.27. The molecule has 0 amide bonds. The number of hydrogen-bond acceptors (Lipinski definition) is 9. The number of rotatable bonds is 8. The quantitative estimate of drug-likeness (QED) is 0.209. The van der Waals surface area contributed by atoms with Crippen molar-refractivity contribution >= 4 is 29.3 Å². The average Bonchev–Trinajstić information content (AvgIpc) is 3.47. The molecule has 0 aliphatic carbocycles. The number of nitrogens with one attached hydrogen (secondary N) is 1.